The van der Waals surface area contributed by atoms with Crippen LogP contribution in [0.15, 0.2) is 24.3 Å². The van der Waals surface area contributed by atoms with Gasteiger partial charge in [-0.1, -0.05) is 43.7 Å². The van der Waals surface area contributed by atoms with E-state index in [1.807, 2.05) is 45.0 Å². The molecule has 4 nitrogen and oxygen atoms in total. The van der Waals surface area contributed by atoms with Crippen LogP contribution in [-0.4, -0.2) is 24.6 Å². The molecule has 1 aromatic rings. The third kappa shape index (κ3) is 4.37. The molecular weight excluding hydrogens is 304 g/mol. The van der Waals surface area contributed by atoms with Crippen LogP contribution in [0.4, 0.5) is 0 Å². The van der Waals surface area contributed by atoms with Gasteiger partial charge in [0.2, 0.25) is 0 Å². The van der Waals surface area contributed by atoms with Gasteiger partial charge in [0.05, 0.1) is 6.61 Å². The number of hydrogen-bond acceptors (Lipinski definition) is 4. The van der Waals surface area contributed by atoms with Gasteiger partial charge in [-0.15, -0.1) is 0 Å². The molecule has 0 aromatic heterocycles. The predicted molar refractivity (Wildman–Crippen MR) is 92.5 cm³/mol. The lowest BCUT2D eigenvalue weighted by molar-refractivity contribution is -0.170. The van der Waals surface area contributed by atoms with Crippen molar-refractivity contribution in [1.82, 2.24) is 0 Å². The molecule has 0 saturated heterocycles. The highest BCUT2D eigenvalue weighted by Crippen LogP contribution is 2.44. The van der Waals surface area contributed by atoms with Gasteiger partial charge in [-0.25, -0.2) is 0 Å². The molecule has 0 bridgehead atoms. The summed E-state index contributed by atoms with van der Waals surface area (Å²) in [5.41, 5.74) is 1.48. The number of hydrogen-bond donors (Lipinski definition) is 0. The summed E-state index contributed by atoms with van der Waals surface area (Å²) in [4.78, 5) is 24.4. The van der Waals surface area contributed by atoms with Crippen LogP contribution in [0, 0.1) is 18.3 Å². The van der Waals surface area contributed by atoms with E-state index in [4.69, 9.17) is 9.47 Å². The van der Waals surface area contributed by atoms with Gasteiger partial charge < -0.3 is 9.47 Å². The summed E-state index contributed by atoms with van der Waals surface area (Å²) in [6, 6.07) is 8.16. The monoisotopic (exact) mass is 332 g/mol. The molecule has 0 aliphatic heterocycles. The maximum atomic E-state index is 12.9. The molecule has 0 radical (unpaired) electrons. The van der Waals surface area contributed by atoms with Gasteiger partial charge in [0.15, 0.2) is 0 Å². The van der Waals surface area contributed by atoms with Gasteiger partial charge in [0.1, 0.15) is 11.5 Å². The van der Waals surface area contributed by atoms with Crippen LogP contribution in [-0.2, 0) is 25.5 Å². The summed E-state index contributed by atoms with van der Waals surface area (Å²) < 4.78 is 11.1. The number of carbonyl (C=O) groups is 2. The van der Waals surface area contributed by atoms with Crippen molar-refractivity contribution in [2.75, 3.05) is 6.61 Å². The van der Waals surface area contributed by atoms with Gasteiger partial charge >= 0.3 is 11.9 Å². The van der Waals surface area contributed by atoms with Crippen molar-refractivity contribution < 1.29 is 19.1 Å². The number of ether oxygens (including phenoxy) is 2. The lowest BCUT2D eigenvalue weighted by Crippen LogP contribution is -2.44. The van der Waals surface area contributed by atoms with Crippen LogP contribution >= 0.6 is 0 Å². The number of esters is 2. The van der Waals surface area contributed by atoms with E-state index in [1.54, 1.807) is 0 Å². The second-order valence-corrected chi connectivity index (χ2v) is 7.30. The molecule has 0 amide bonds. The molecular formula is C20H28O4. The van der Waals surface area contributed by atoms with Gasteiger partial charge in [-0.3, -0.25) is 9.59 Å². The van der Waals surface area contributed by atoms with E-state index in [1.165, 1.54) is 12.5 Å². The Morgan fingerprint density at radius 2 is 1.92 bits per heavy atom. The standard InChI is InChI=1S/C20H28O4/c1-14(2)13-23-19(22)20(11-5-6-18(20)24-16(4)21)12-17-9-7-15(3)8-10-17/h7-10,14,18H,5-6,11-13H2,1-4H3. The minimum atomic E-state index is -0.768. The molecule has 0 N–H and O–H groups in total. The molecule has 0 spiro atoms. The molecule has 1 aliphatic carbocycles. The Bertz CT molecular complexity index is 576. The van der Waals surface area contributed by atoms with Crippen molar-refractivity contribution in [1.29, 1.82) is 0 Å². The van der Waals surface area contributed by atoms with E-state index in [-0.39, 0.29) is 17.9 Å². The molecule has 1 aliphatic rings. The zero-order valence-corrected chi connectivity index (χ0v) is 15.1. The summed E-state index contributed by atoms with van der Waals surface area (Å²) in [7, 11) is 0. The fraction of sp³-hybridized carbons (Fsp3) is 0.600. The number of rotatable bonds is 6. The predicted octanol–water partition coefficient (Wildman–Crippen LogP) is 3.84. The van der Waals surface area contributed by atoms with E-state index in [9.17, 15) is 9.59 Å². The average molecular weight is 332 g/mol. The Hall–Kier alpha value is -1.84. The number of benzene rings is 1. The fourth-order valence-corrected chi connectivity index (χ4v) is 3.38. The summed E-state index contributed by atoms with van der Waals surface area (Å²) in [6.07, 6.45) is 2.40. The van der Waals surface area contributed by atoms with Crippen molar-refractivity contribution >= 4 is 11.9 Å². The van der Waals surface area contributed by atoms with E-state index < -0.39 is 11.5 Å². The first-order valence-electron chi connectivity index (χ1n) is 8.73. The van der Waals surface area contributed by atoms with Crippen molar-refractivity contribution in [2.45, 2.75) is 59.5 Å². The maximum Gasteiger partial charge on any atom is 0.316 e. The Labute approximate surface area is 144 Å². The van der Waals surface area contributed by atoms with Gasteiger partial charge in [0, 0.05) is 6.92 Å². The van der Waals surface area contributed by atoms with E-state index in [0.717, 1.165) is 12.0 Å². The van der Waals surface area contributed by atoms with Crippen LogP contribution < -0.4 is 0 Å². The van der Waals surface area contributed by atoms with Crippen molar-refractivity contribution in [3.8, 4) is 0 Å². The fourth-order valence-electron chi connectivity index (χ4n) is 3.38. The molecule has 1 saturated carbocycles. The van der Waals surface area contributed by atoms with Gasteiger partial charge in [0.25, 0.3) is 0 Å². The molecule has 2 unspecified atom stereocenters. The molecule has 0 heterocycles. The van der Waals surface area contributed by atoms with Crippen LogP contribution in [0.2, 0.25) is 0 Å². The van der Waals surface area contributed by atoms with Crippen molar-refractivity contribution in [3.05, 3.63) is 35.4 Å². The van der Waals surface area contributed by atoms with Crippen LogP contribution in [0.1, 0.15) is 51.2 Å². The summed E-state index contributed by atoms with van der Waals surface area (Å²) in [5, 5.41) is 0. The second-order valence-electron chi connectivity index (χ2n) is 7.30. The first-order valence-corrected chi connectivity index (χ1v) is 8.73. The van der Waals surface area contributed by atoms with Gasteiger partial charge in [-0.2, -0.15) is 0 Å². The van der Waals surface area contributed by atoms with E-state index in [2.05, 4.69) is 0 Å². The van der Waals surface area contributed by atoms with Crippen LogP contribution in [0.25, 0.3) is 0 Å². The third-order valence-electron chi connectivity index (χ3n) is 4.61. The lowest BCUT2D eigenvalue weighted by atomic mass is 9.78. The Morgan fingerprint density at radius 3 is 2.50 bits per heavy atom. The first-order chi connectivity index (χ1) is 11.3. The van der Waals surface area contributed by atoms with Crippen LogP contribution in [0.3, 0.4) is 0 Å². The van der Waals surface area contributed by atoms with E-state index in [0.29, 0.717) is 25.9 Å². The summed E-state index contributed by atoms with van der Waals surface area (Å²) >= 11 is 0. The average Bonchev–Trinajstić information content (AvgIpc) is 2.90. The molecule has 4 heteroatoms. The molecule has 2 atom stereocenters. The quantitative estimate of drug-likeness (QED) is 0.743. The molecule has 24 heavy (non-hydrogen) atoms. The topological polar surface area (TPSA) is 52.6 Å². The number of aryl methyl sites for hydroxylation is 1. The van der Waals surface area contributed by atoms with Crippen LogP contribution in [0.5, 0.6) is 0 Å². The van der Waals surface area contributed by atoms with Gasteiger partial charge in [-0.05, 0) is 44.1 Å². The Morgan fingerprint density at radius 1 is 1.25 bits per heavy atom. The van der Waals surface area contributed by atoms with Crippen molar-refractivity contribution in [2.24, 2.45) is 11.3 Å². The summed E-state index contributed by atoms with van der Waals surface area (Å²) in [5.74, 6) is -0.300. The number of carbonyl (C=O) groups excluding carboxylic acids is 2. The minimum Gasteiger partial charge on any atom is -0.465 e. The zero-order valence-electron chi connectivity index (χ0n) is 15.1. The highest BCUT2D eigenvalue weighted by atomic mass is 16.6. The summed E-state index contributed by atoms with van der Waals surface area (Å²) in [6.45, 7) is 7.85. The Balaban J connectivity index is 2.27. The SMILES string of the molecule is CC(=O)OC1CCCC1(Cc1ccc(C)cc1)C(=O)OCC(C)C. The maximum absolute atomic E-state index is 12.9. The zero-order chi connectivity index (χ0) is 17.7. The third-order valence-corrected chi connectivity index (χ3v) is 4.61. The lowest BCUT2D eigenvalue weighted by Gasteiger charge is -2.33. The van der Waals surface area contributed by atoms with E-state index >= 15 is 0 Å². The molecule has 132 valence electrons. The molecule has 2 rings (SSSR count). The van der Waals surface area contributed by atoms with Crippen molar-refractivity contribution in [3.63, 3.8) is 0 Å². The minimum absolute atomic E-state index is 0.236. The highest BCUT2D eigenvalue weighted by Gasteiger charge is 2.52. The smallest absolute Gasteiger partial charge is 0.316 e. The molecule has 1 fully saturated rings. The molecule has 1 aromatic carbocycles. The highest BCUT2D eigenvalue weighted by molar-refractivity contribution is 5.79. The normalized spacial score (nSPS) is 23.3. The largest absolute Gasteiger partial charge is 0.465 e. The second kappa shape index (κ2) is 7.82. The Kier molecular flexibility index (Phi) is 6.03. The first kappa shape index (κ1) is 18.5.